The van der Waals surface area contributed by atoms with Crippen LogP contribution < -0.4 is 10.9 Å². The van der Waals surface area contributed by atoms with Crippen LogP contribution in [0.2, 0.25) is 0 Å². The van der Waals surface area contributed by atoms with E-state index in [1.165, 1.54) is 12.4 Å². The fraction of sp³-hybridized carbons (Fsp3) is 0. The van der Waals surface area contributed by atoms with Gasteiger partial charge in [-0.25, -0.2) is 0 Å². The van der Waals surface area contributed by atoms with Gasteiger partial charge >= 0.3 is 11.4 Å². The number of nitrogens with one attached hydrogen (secondary N) is 2. The van der Waals surface area contributed by atoms with Crippen molar-refractivity contribution in [1.29, 1.82) is 0 Å². The molecule has 0 saturated heterocycles. The highest BCUT2D eigenvalue weighted by molar-refractivity contribution is 9.10. The van der Waals surface area contributed by atoms with Crippen LogP contribution in [0.3, 0.4) is 0 Å². The van der Waals surface area contributed by atoms with Crippen LogP contribution in [-0.4, -0.2) is 19.8 Å². The predicted molar refractivity (Wildman–Crippen MR) is 75.1 cm³/mol. The van der Waals surface area contributed by atoms with Gasteiger partial charge in [0, 0.05) is 18.5 Å². The third-order valence-electron chi connectivity index (χ3n) is 2.08. The molecule has 0 aliphatic carbocycles. The van der Waals surface area contributed by atoms with Crippen LogP contribution in [0, 0.1) is 20.2 Å². The highest BCUT2D eigenvalue weighted by Crippen LogP contribution is 2.06. The predicted octanol–water partition coefficient (Wildman–Crippen LogP) is 1.33. The topological polar surface area (TPSA) is 152 Å². The standard InChI is InChI=1S/C5H3BrN2O3.C5H4N2O3/c6-3-1-7-2-4(5(3)9)8(10)11;8-5-1-2-6-3-4(5)7(9)10/h1-2H,(H,7,9);1-3H,(H,6,8). The van der Waals surface area contributed by atoms with E-state index < -0.39 is 32.1 Å². The maximum absolute atomic E-state index is 10.9. The van der Waals surface area contributed by atoms with Crippen LogP contribution in [0.1, 0.15) is 0 Å². The molecule has 2 aromatic heterocycles. The molecule has 2 heterocycles. The zero-order chi connectivity index (χ0) is 16.0. The van der Waals surface area contributed by atoms with Crippen molar-refractivity contribution in [2.75, 3.05) is 0 Å². The Balaban J connectivity index is 0.000000211. The molecule has 0 saturated carbocycles. The first kappa shape index (κ1) is 16.2. The fourth-order valence-corrected chi connectivity index (χ4v) is 1.47. The average molecular weight is 359 g/mol. The summed E-state index contributed by atoms with van der Waals surface area (Å²) in [7, 11) is 0. The molecule has 2 aromatic rings. The van der Waals surface area contributed by atoms with Crippen LogP contribution in [0.4, 0.5) is 11.4 Å². The maximum Gasteiger partial charge on any atom is 0.333 e. The number of pyridine rings is 2. The molecule has 0 amide bonds. The molecule has 0 spiro atoms. The fourth-order valence-electron chi connectivity index (χ4n) is 1.13. The number of aromatic amines is 2. The van der Waals surface area contributed by atoms with Crippen molar-refractivity contribution >= 4 is 27.3 Å². The molecule has 0 fully saturated rings. The van der Waals surface area contributed by atoms with E-state index in [1.54, 1.807) is 0 Å². The van der Waals surface area contributed by atoms with E-state index in [-0.39, 0.29) is 4.47 Å². The Morgan fingerprint density at radius 2 is 1.52 bits per heavy atom. The Labute approximate surface area is 123 Å². The summed E-state index contributed by atoms with van der Waals surface area (Å²) in [5.41, 5.74) is -2.08. The van der Waals surface area contributed by atoms with Gasteiger partial charge in [-0.15, -0.1) is 0 Å². The normalized spacial score (nSPS) is 9.38. The first-order valence-corrected chi connectivity index (χ1v) is 5.96. The summed E-state index contributed by atoms with van der Waals surface area (Å²) in [4.78, 5) is 45.1. The number of nitrogens with zero attached hydrogens (tertiary/aromatic N) is 2. The summed E-state index contributed by atoms with van der Waals surface area (Å²) in [5, 5.41) is 20.1. The number of H-pyrrole nitrogens is 2. The molecule has 21 heavy (non-hydrogen) atoms. The Kier molecular flexibility index (Phi) is 5.48. The van der Waals surface area contributed by atoms with E-state index in [2.05, 4.69) is 25.9 Å². The lowest BCUT2D eigenvalue weighted by molar-refractivity contribution is -0.386. The third-order valence-corrected chi connectivity index (χ3v) is 2.67. The minimum absolute atomic E-state index is 0.159. The van der Waals surface area contributed by atoms with Gasteiger partial charge in [0.15, 0.2) is 0 Å². The van der Waals surface area contributed by atoms with Crippen molar-refractivity contribution in [2.45, 2.75) is 0 Å². The summed E-state index contributed by atoms with van der Waals surface area (Å²) in [6.07, 6.45) is 4.79. The molecule has 0 aliphatic heterocycles. The van der Waals surface area contributed by atoms with Crippen LogP contribution >= 0.6 is 15.9 Å². The lowest BCUT2D eigenvalue weighted by Crippen LogP contribution is -2.08. The quantitative estimate of drug-likeness (QED) is 0.609. The summed E-state index contributed by atoms with van der Waals surface area (Å²) < 4.78 is 0.159. The van der Waals surface area contributed by atoms with Crippen LogP contribution in [0.15, 0.2) is 44.9 Å². The van der Waals surface area contributed by atoms with E-state index >= 15 is 0 Å². The van der Waals surface area contributed by atoms with Crippen LogP contribution in [-0.2, 0) is 0 Å². The zero-order valence-electron chi connectivity index (χ0n) is 10.1. The second kappa shape index (κ2) is 7.09. The summed E-state index contributed by atoms with van der Waals surface area (Å²) in [6.45, 7) is 0. The van der Waals surface area contributed by atoms with Gasteiger partial charge in [-0.3, -0.25) is 29.8 Å². The summed E-state index contributed by atoms with van der Waals surface area (Å²) >= 11 is 2.87. The highest BCUT2D eigenvalue weighted by atomic mass is 79.9. The first-order chi connectivity index (χ1) is 9.84. The molecule has 110 valence electrons. The Bertz CT molecular complexity index is 783. The van der Waals surface area contributed by atoms with E-state index in [0.717, 1.165) is 18.5 Å². The van der Waals surface area contributed by atoms with Gasteiger partial charge in [0.1, 0.15) is 0 Å². The van der Waals surface area contributed by atoms with Gasteiger partial charge in [0.2, 0.25) is 0 Å². The number of aromatic nitrogens is 2. The number of halogens is 1. The Morgan fingerprint density at radius 1 is 0.952 bits per heavy atom. The van der Waals surface area contributed by atoms with Gasteiger partial charge in [-0.2, -0.15) is 0 Å². The number of rotatable bonds is 2. The van der Waals surface area contributed by atoms with Crippen molar-refractivity contribution in [3.63, 3.8) is 0 Å². The van der Waals surface area contributed by atoms with Gasteiger partial charge in [-0.1, -0.05) is 0 Å². The van der Waals surface area contributed by atoms with Crippen molar-refractivity contribution in [3.05, 3.63) is 76.0 Å². The molecule has 2 rings (SSSR count). The van der Waals surface area contributed by atoms with Crippen molar-refractivity contribution in [2.24, 2.45) is 0 Å². The SMILES string of the molecule is O=c1c(Br)c[nH]cc1[N+](=O)[O-].O=c1cc[nH]cc1[N+](=O)[O-]. The van der Waals surface area contributed by atoms with Gasteiger partial charge in [0.25, 0.3) is 10.9 Å². The van der Waals surface area contributed by atoms with E-state index in [1.807, 2.05) is 0 Å². The van der Waals surface area contributed by atoms with Gasteiger partial charge in [-0.05, 0) is 15.9 Å². The molecule has 0 aromatic carbocycles. The van der Waals surface area contributed by atoms with Gasteiger partial charge in [0.05, 0.1) is 26.7 Å². The smallest absolute Gasteiger partial charge is 0.333 e. The average Bonchev–Trinajstić information content (AvgIpc) is 2.42. The van der Waals surface area contributed by atoms with E-state index in [9.17, 15) is 29.8 Å². The number of hydrogen-bond acceptors (Lipinski definition) is 6. The van der Waals surface area contributed by atoms with E-state index in [0.29, 0.717) is 0 Å². The maximum atomic E-state index is 10.9. The molecule has 2 N–H and O–H groups in total. The zero-order valence-corrected chi connectivity index (χ0v) is 11.7. The second-order valence-corrected chi connectivity index (χ2v) is 4.28. The molecule has 10 nitrogen and oxygen atoms in total. The van der Waals surface area contributed by atoms with Crippen LogP contribution in [0.5, 0.6) is 0 Å². The monoisotopic (exact) mass is 358 g/mol. The van der Waals surface area contributed by atoms with Crippen molar-refractivity contribution in [1.82, 2.24) is 9.97 Å². The number of hydrogen-bond donors (Lipinski definition) is 2. The second-order valence-electron chi connectivity index (χ2n) is 3.43. The lowest BCUT2D eigenvalue weighted by atomic mass is 10.4. The summed E-state index contributed by atoms with van der Waals surface area (Å²) in [6, 6.07) is 1.11. The van der Waals surface area contributed by atoms with Crippen molar-refractivity contribution in [3.8, 4) is 0 Å². The molecule has 0 radical (unpaired) electrons. The molecule has 0 aliphatic rings. The van der Waals surface area contributed by atoms with Crippen LogP contribution in [0.25, 0.3) is 0 Å². The molecular weight excluding hydrogens is 352 g/mol. The minimum atomic E-state index is -0.733. The molecular formula is C10H7BrN4O6. The largest absolute Gasteiger partial charge is 0.362 e. The first-order valence-electron chi connectivity index (χ1n) is 5.17. The number of nitro groups is 2. The minimum Gasteiger partial charge on any atom is -0.362 e. The molecule has 11 heteroatoms. The lowest BCUT2D eigenvalue weighted by Gasteiger charge is -1.89. The molecule has 0 bridgehead atoms. The Morgan fingerprint density at radius 3 is 1.95 bits per heavy atom. The Hall–Kier alpha value is -2.82. The van der Waals surface area contributed by atoms with E-state index in [4.69, 9.17) is 0 Å². The van der Waals surface area contributed by atoms with Gasteiger partial charge < -0.3 is 9.97 Å². The molecule has 0 unspecified atom stereocenters. The van der Waals surface area contributed by atoms with Crippen molar-refractivity contribution < 1.29 is 9.85 Å². The third kappa shape index (κ3) is 4.35. The summed E-state index contributed by atoms with van der Waals surface area (Å²) in [5.74, 6) is 0. The molecule has 0 atom stereocenters. The highest BCUT2D eigenvalue weighted by Gasteiger charge is 2.12.